The summed E-state index contributed by atoms with van der Waals surface area (Å²) in [6.45, 7) is 3.24. The van der Waals surface area contributed by atoms with Gasteiger partial charge in [-0.05, 0) is 23.2 Å². The van der Waals surface area contributed by atoms with Gasteiger partial charge in [0.05, 0.1) is 20.3 Å². The van der Waals surface area contributed by atoms with Crippen LogP contribution in [0.4, 0.5) is 0 Å². The minimum Gasteiger partial charge on any atom is -0.497 e. The Balaban J connectivity index is 2.88. The average molecular weight is 297 g/mol. The zero-order chi connectivity index (χ0) is 15.7. The van der Waals surface area contributed by atoms with Crippen LogP contribution in [-0.2, 0) is 16.0 Å². The maximum atomic E-state index is 9.48. The van der Waals surface area contributed by atoms with Gasteiger partial charge in [0.25, 0.3) is 0 Å². The summed E-state index contributed by atoms with van der Waals surface area (Å²) in [4.78, 5) is 2.13. The van der Waals surface area contributed by atoms with Crippen LogP contribution in [0.1, 0.15) is 5.56 Å². The second kappa shape index (κ2) is 9.75. The van der Waals surface area contributed by atoms with Crippen LogP contribution in [0.3, 0.4) is 0 Å². The van der Waals surface area contributed by atoms with E-state index in [1.165, 1.54) is 0 Å². The Hall–Kier alpha value is -1.12. The Morgan fingerprint density at radius 3 is 2.14 bits per heavy atom. The maximum absolute atomic E-state index is 9.48. The zero-order valence-electron chi connectivity index (χ0n) is 12.9. The molecule has 0 aromatic heterocycles. The summed E-state index contributed by atoms with van der Waals surface area (Å²) in [6, 6.07) is 5.21. The van der Waals surface area contributed by atoms with Gasteiger partial charge in [-0.2, -0.15) is 0 Å². The van der Waals surface area contributed by atoms with Crippen LogP contribution in [0.2, 0.25) is 0 Å². The van der Waals surface area contributed by atoms with E-state index in [9.17, 15) is 10.0 Å². The van der Waals surface area contributed by atoms with Crippen molar-refractivity contribution in [2.75, 3.05) is 47.6 Å². The summed E-state index contributed by atoms with van der Waals surface area (Å²) in [6.07, 6.45) is 0. The van der Waals surface area contributed by atoms with Crippen LogP contribution in [0, 0.1) is 0 Å². The lowest BCUT2D eigenvalue weighted by Gasteiger charge is -2.23. The van der Waals surface area contributed by atoms with Gasteiger partial charge >= 0.3 is 7.12 Å². The minimum atomic E-state index is -1.50. The molecule has 0 spiro atoms. The van der Waals surface area contributed by atoms with Gasteiger partial charge in [-0.1, -0.05) is 6.07 Å². The van der Waals surface area contributed by atoms with Gasteiger partial charge in [-0.3, -0.25) is 4.90 Å². The molecular formula is C14H24BNO5. The Morgan fingerprint density at radius 1 is 1.05 bits per heavy atom. The molecule has 21 heavy (non-hydrogen) atoms. The van der Waals surface area contributed by atoms with E-state index in [1.807, 2.05) is 6.07 Å². The van der Waals surface area contributed by atoms with E-state index >= 15 is 0 Å². The molecule has 7 heteroatoms. The van der Waals surface area contributed by atoms with E-state index in [1.54, 1.807) is 33.5 Å². The molecule has 6 nitrogen and oxygen atoms in total. The van der Waals surface area contributed by atoms with Crippen LogP contribution in [-0.4, -0.2) is 69.7 Å². The summed E-state index contributed by atoms with van der Waals surface area (Å²) < 4.78 is 15.4. The molecular weight excluding hydrogens is 273 g/mol. The number of hydrogen-bond acceptors (Lipinski definition) is 6. The molecule has 0 atom stereocenters. The van der Waals surface area contributed by atoms with Crippen LogP contribution in [0.25, 0.3) is 0 Å². The Morgan fingerprint density at radius 2 is 1.67 bits per heavy atom. The SMILES string of the molecule is COCCN(CCOC)Cc1cc(OC)ccc1B(O)O. The Labute approximate surface area is 126 Å². The van der Waals surface area contributed by atoms with Crippen LogP contribution >= 0.6 is 0 Å². The molecule has 0 aliphatic rings. The summed E-state index contributed by atoms with van der Waals surface area (Å²) in [5.41, 5.74) is 1.30. The summed E-state index contributed by atoms with van der Waals surface area (Å²) >= 11 is 0. The number of nitrogens with zero attached hydrogens (tertiary/aromatic N) is 1. The molecule has 1 aromatic rings. The quantitative estimate of drug-likeness (QED) is 0.566. The average Bonchev–Trinajstić information content (AvgIpc) is 2.49. The lowest BCUT2D eigenvalue weighted by atomic mass is 9.77. The molecule has 0 saturated carbocycles. The summed E-state index contributed by atoms with van der Waals surface area (Å²) in [7, 11) is 3.39. The molecule has 1 aromatic carbocycles. The van der Waals surface area contributed by atoms with Gasteiger partial charge in [0, 0.05) is 33.9 Å². The van der Waals surface area contributed by atoms with Gasteiger partial charge in [0.15, 0.2) is 0 Å². The van der Waals surface area contributed by atoms with Crippen LogP contribution in [0.5, 0.6) is 5.75 Å². The second-order valence-corrected chi connectivity index (χ2v) is 4.70. The van der Waals surface area contributed by atoms with Gasteiger partial charge < -0.3 is 24.3 Å². The first-order chi connectivity index (χ1) is 10.1. The number of hydrogen-bond donors (Lipinski definition) is 2. The monoisotopic (exact) mass is 297 g/mol. The van der Waals surface area contributed by atoms with E-state index < -0.39 is 7.12 Å². The van der Waals surface area contributed by atoms with Crippen molar-refractivity contribution in [2.24, 2.45) is 0 Å². The fraction of sp³-hybridized carbons (Fsp3) is 0.571. The Kier molecular flexibility index (Phi) is 8.33. The van der Waals surface area contributed by atoms with E-state index in [4.69, 9.17) is 14.2 Å². The first kappa shape index (κ1) is 17.9. The lowest BCUT2D eigenvalue weighted by molar-refractivity contribution is 0.110. The number of ether oxygens (including phenoxy) is 3. The van der Waals surface area contributed by atoms with Crippen molar-refractivity contribution in [1.29, 1.82) is 0 Å². The highest BCUT2D eigenvalue weighted by molar-refractivity contribution is 6.59. The molecule has 0 radical (unpaired) electrons. The molecule has 0 aliphatic heterocycles. The Bertz CT molecular complexity index is 408. The first-order valence-electron chi connectivity index (χ1n) is 6.85. The minimum absolute atomic E-state index is 0.482. The zero-order valence-corrected chi connectivity index (χ0v) is 12.9. The molecule has 0 bridgehead atoms. The van der Waals surface area contributed by atoms with Crippen molar-refractivity contribution in [1.82, 2.24) is 4.90 Å². The van der Waals surface area contributed by atoms with E-state index in [-0.39, 0.29) is 0 Å². The largest absolute Gasteiger partial charge is 0.497 e. The highest BCUT2D eigenvalue weighted by atomic mass is 16.5. The van der Waals surface area contributed by atoms with Crippen molar-refractivity contribution in [3.63, 3.8) is 0 Å². The molecule has 0 heterocycles. The predicted octanol–water partition coefficient (Wildman–Crippen LogP) is -0.530. The van der Waals surface area contributed by atoms with Crippen molar-refractivity contribution >= 4 is 12.6 Å². The normalized spacial score (nSPS) is 11.0. The second-order valence-electron chi connectivity index (χ2n) is 4.70. The molecule has 118 valence electrons. The fourth-order valence-electron chi connectivity index (χ4n) is 2.05. The van der Waals surface area contributed by atoms with Crippen molar-refractivity contribution < 1.29 is 24.3 Å². The third-order valence-corrected chi connectivity index (χ3v) is 3.25. The standard InChI is InChI=1S/C14H24BNO5/c1-19-8-6-16(7-9-20-2)11-12-10-13(21-3)4-5-14(12)15(17)18/h4-5,10,17-18H,6-9,11H2,1-3H3. The van der Waals surface area contributed by atoms with Crippen LogP contribution in [0.15, 0.2) is 18.2 Å². The molecule has 1 rings (SSSR count). The fourth-order valence-corrected chi connectivity index (χ4v) is 2.05. The summed E-state index contributed by atoms with van der Waals surface area (Å²) in [5, 5.41) is 19.0. The van der Waals surface area contributed by atoms with E-state index in [0.29, 0.717) is 31.0 Å². The van der Waals surface area contributed by atoms with Crippen molar-refractivity contribution in [2.45, 2.75) is 6.54 Å². The van der Waals surface area contributed by atoms with E-state index in [0.717, 1.165) is 18.7 Å². The smallest absolute Gasteiger partial charge is 0.488 e. The van der Waals surface area contributed by atoms with Crippen molar-refractivity contribution in [3.05, 3.63) is 23.8 Å². The molecule has 0 aliphatic carbocycles. The van der Waals surface area contributed by atoms with Gasteiger partial charge in [-0.25, -0.2) is 0 Å². The number of rotatable bonds is 10. The highest BCUT2D eigenvalue weighted by Crippen LogP contribution is 2.13. The van der Waals surface area contributed by atoms with Crippen LogP contribution < -0.4 is 10.2 Å². The topological polar surface area (TPSA) is 71.4 Å². The third kappa shape index (κ3) is 6.03. The molecule has 0 amide bonds. The lowest BCUT2D eigenvalue weighted by Crippen LogP contribution is -2.37. The molecule has 0 unspecified atom stereocenters. The van der Waals surface area contributed by atoms with E-state index in [2.05, 4.69) is 4.90 Å². The first-order valence-corrected chi connectivity index (χ1v) is 6.85. The molecule has 0 saturated heterocycles. The van der Waals surface area contributed by atoms with Gasteiger partial charge in [0.1, 0.15) is 5.75 Å². The molecule has 0 fully saturated rings. The van der Waals surface area contributed by atoms with Gasteiger partial charge in [-0.15, -0.1) is 0 Å². The number of benzene rings is 1. The predicted molar refractivity (Wildman–Crippen MR) is 81.8 cm³/mol. The molecule has 2 N–H and O–H groups in total. The highest BCUT2D eigenvalue weighted by Gasteiger charge is 2.18. The number of methoxy groups -OCH3 is 3. The maximum Gasteiger partial charge on any atom is 0.488 e. The third-order valence-electron chi connectivity index (χ3n) is 3.25. The summed E-state index contributed by atoms with van der Waals surface area (Å²) in [5.74, 6) is 0.688. The van der Waals surface area contributed by atoms with Gasteiger partial charge in [0.2, 0.25) is 0 Å². The van der Waals surface area contributed by atoms with Crippen molar-refractivity contribution in [3.8, 4) is 5.75 Å².